The predicted octanol–water partition coefficient (Wildman–Crippen LogP) is 5.64. The number of nitrogens with zero attached hydrogens (tertiary/aromatic N) is 3. The van der Waals surface area contributed by atoms with Gasteiger partial charge in [-0.2, -0.15) is 0 Å². The van der Waals surface area contributed by atoms with Gasteiger partial charge in [0.25, 0.3) is 0 Å². The molecule has 0 aliphatic carbocycles. The fourth-order valence-corrected chi connectivity index (χ4v) is 4.58. The van der Waals surface area contributed by atoms with Crippen LogP contribution < -0.4 is 10.0 Å². The average molecular weight is 448 g/mol. The van der Waals surface area contributed by atoms with E-state index in [2.05, 4.69) is 25.0 Å². The third kappa shape index (κ3) is 3.78. The summed E-state index contributed by atoms with van der Waals surface area (Å²) < 4.78 is 32.5. The van der Waals surface area contributed by atoms with Gasteiger partial charge in [0.1, 0.15) is 11.6 Å². The molecule has 160 valence electrons. The third-order valence-corrected chi connectivity index (χ3v) is 6.31. The predicted molar refractivity (Wildman–Crippen MR) is 124 cm³/mol. The number of aliphatic imine (C=N–C) groups is 1. The highest BCUT2D eigenvalue weighted by Crippen LogP contribution is 2.40. The van der Waals surface area contributed by atoms with Crippen LogP contribution in [0.4, 0.5) is 14.5 Å². The van der Waals surface area contributed by atoms with Gasteiger partial charge in [0.05, 0.1) is 28.2 Å². The van der Waals surface area contributed by atoms with Gasteiger partial charge < -0.3 is 5.32 Å². The first-order chi connectivity index (χ1) is 15.6. The summed E-state index contributed by atoms with van der Waals surface area (Å²) in [6.45, 7) is 2.17. The Kier molecular flexibility index (Phi) is 5.45. The second-order valence-electron chi connectivity index (χ2n) is 7.41. The van der Waals surface area contributed by atoms with E-state index < -0.39 is 11.7 Å². The van der Waals surface area contributed by atoms with Gasteiger partial charge in [0, 0.05) is 29.4 Å². The fraction of sp³-hybridized carbons (Fsp3) is 0.125. The molecule has 0 spiro atoms. The van der Waals surface area contributed by atoms with Gasteiger partial charge in [-0.25, -0.2) is 13.8 Å². The number of benzene rings is 3. The van der Waals surface area contributed by atoms with Gasteiger partial charge in [-0.3, -0.25) is 14.7 Å². The van der Waals surface area contributed by atoms with E-state index in [1.807, 2.05) is 18.2 Å². The highest BCUT2D eigenvalue weighted by molar-refractivity contribution is 7.98. The van der Waals surface area contributed by atoms with Gasteiger partial charge in [-0.05, 0) is 41.8 Å². The lowest BCUT2D eigenvalue weighted by Crippen LogP contribution is -2.30. The minimum atomic E-state index is -0.480. The molecule has 8 heteroatoms. The first-order valence-corrected chi connectivity index (χ1v) is 10.9. The van der Waals surface area contributed by atoms with E-state index in [9.17, 15) is 8.78 Å². The van der Waals surface area contributed by atoms with Gasteiger partial charge in [0.2, 0.25) is 5.96 Å². The monoisotopic (exact) mass is 447 g/mol. The second-order valence-corrected chi connectivity index (χ2v) is 8.26. The molecule has 0 saturated carbocycles. The van der Waals surface area contributed by atoms with Crippen LogP contribution in [-0.4, -0.2) is 15.9 Å². The second kappa shape index (κ2) is 8.55. The molecule has 0 fully saturated rings. The maximum absolute atomic E-state index is 15.0. The van der Waals surface area contributed by atoms with Crippen molar-refractivity contribution in [3.05, 3.63) is 95.3 Å². The number of para-hydroxylation sites is 1. The average Bonchev–Trinajstić information content (AvgIpc) is 2.82. The van der Waals surface area contributed by atoms with Crippen LogP contribution in [0.25, 0.3) is 11.0 Å². The van der Waals surface area contributed by atoms with Crippen molar-refractivity contribution >= 4 is 34.6 Å². The maximum atomic E-state index is 15.0. The Morgan fingerprint density at radius 1 is 0.969 bits per heavy atom. The Morgan fingerprint density at radius 3 is 2.69 bits per heavy atom. The van der Waals surface area contributed by atoms with Crippen LogP contribution in [0.1, 0.15) is 29.5 Å². The summed E-state index contributed by atoms with van der Waals surface area (Å²) in [6.07, 6.45) is 3.31. The number of halogens is 2. The van der Waals surface area contributed by atoms with E-state index in [1.165, 1.54) is 24.1 Å². The number of fused-ring (bicyclic) bond motifs is 2. The maximum Gasteiger partial charge on any atom is 0.206 e. The first kappa shape index (κ1) is 20.4. The Morgan fingerprint density at radius 2 is 1.81 bits per heavy atom. The van der Waals surface area contributed by atoms with E-state index in [0.717, 1.165) is 21.5 Å². The van der Waals surface area contributed by atoms with Crippen LogP contribution in [0, 0.1) is 11.6 Å². The van der Waals surface area contributed by atoms with E-state index in [1.54, 1.807) is 43.6 Å². The van der Waals surface area contributed by atoms with Crippen molar-refractivity contribution in [2.75, 3.05) is 5.32 Å². The van der Waals surface area contributed by atoms with Crippen LogP contribution in [0.3, 0.4) is 0 Å². The molecule has 2 N–H and O–H groups in total. The molecule has 0 saturated heterocycles. The smallest absolute Gasteiger partial charge is 0.206 e. The Bertz CT molecular complexity index is 1340. The molecule has 4 aromatic rings. The van der Waals surface area contributed by atoms with E-state index in [4.69, 9.17) is 0 Å². The van der Waals surface area contributed by atoms with Gasteiger partial charge in [0.15, 0.2) is 0 Å². The highest BCUT2D eigenvalue weighted by atomic mass is 32.2. The molecule has 1 atom stereocenters. The van der Waals surface area contributed by atoms with Crippen molar-refractivity contribution < 1.29 is 8.78 Å². The lowest BCUT2D eigenvalue weighted by molar-refractivity contribution is 0.581. The molecular weight excluding hydrogens is 428 g/mol. The summed E-state index contributed by atoms with van der Waals surface area (Å²) in [5.74, 6) is -0.731. The van der Waals surface area contributed by atoms with Crippen molar-refractivity contribution in [3.63, 3.8) is 0 Å². The zero-order valence-corrected chi connectivity index (χ0v) is 18.0. The Labute approximate surface area is 188 Å². The molecule has 32 heavy (non-hydrogen) atoms. The van der Waals surface area contributed by atoms with E-state index >= 15 is 0 Å². The molecule has 3 aromatic carbocycles. The van der Waals surface area contributed by atoms with Crippen molar-refractivity contribution in [1.82, 2.24) is 14.7 Å². The van der Waals surface area contributed by atoms with Crippen LogP contribution in [0.5, 0.6) is 0 Å². The van der Waals surface area contributed by atoms with Crippen LogP contribution in [0.2, 0.25) is 0 Å². The molecule has 5 rings (SSSR count). The Balaban J connectivity index is 1.48. The fourth-order valence-electron chi connectivity index (χ4n) is 3.86. The number of guanidine groups is 1. The molecule has 1 unspecified atom stereocenters. The van der Waals surface area contributed by atoms with Crippen molar-refractivity contribution in [1.29, 1.82) is 0 Å². The number of aromatic nitrogens is 2. The summed E-state index contributed by atoms with van der Waals surface area (Å²) in [4.78, 5) is 14.2. The lowest BCUT2D eigenvalue weighted by atomic mass is 9.91. The molecule has 0 amide bonds. The summed E-state index contributed by atoms with van der Waals surface area (Å²) in [5, 5.41) is 3.21. The minimum Gasteiger partial charge on any atom is -0.324 e. The molecule has 0 radical (unpaired) electrons. The SMILES string of the molecule is CC(c1ccccc1F)c1c(F)ccc2c1NC(=NCc1cccc3nccnc13)NS2. The topological polar surface area (TPSA) is 62.2 Å². The van der Waals surface area contributed by atoms with Crippen molar-refractivity contribution in [2.45, 2.75) is 24.3 Å². The van der Waals surface area contributed by atoms with Crippen LogP contribution in [0.15, 0.2) is 76.9 Å². The Hall–Kier alpha value is -3.52. The number of rotatable bonds is 4. The summed E-state index contributed by atoms with van der Waals surface area (Å²) in [7, 11) is 0. The first-order valence-electron chi connectivity index (χ1n) is 10.1. The highest BCUT2D eigenvalue weighted by Gasteiger charge is 2.26. The standard InChI is InChI=1S/C24H19F2N5S/c1-14(16-6-2-3-7-17(16)25)21-18(26)9-10-20-23(21)30-24(31-32-20)29-13-15-5-4-8-19-22(15)28-12-11-27-19/h2-12,14H,13H2,1H3,(H2,29,30,31). The number of hydrogen-bond acceptors (Lipinski definition) is 4. The lowest BCUT2D eigenvalue weighted by Gasteiger charge is -2.26. The molecule has 0 bridgehead atoms. The third-order valence-electron chi connectivity index (χ3n) is 5.45. The molecular formula is C24H19F2N5S. The number of hydrogen-bond donors (Lipinski definition) is 2. The molecule has 1 aromatic heterocycles. The summed E-state index contributed by atoms with van der Waals surface area (Å²) >= 11 is 1.34. The zero-order chi connectivity index (χ0) is 22.1. The number of anilines is 1. The van der Waals surface area contributed by atoms with Gasteiger partial charge in [-0.15, -0.1) is 0 Å². The van der Waals surface area contributed by atoms with Gasteiger partial charge in [-0.1, -0.05) is 37.3 Å². The van der Waals surface area contributed by atoms with Crippen LogP contribution >= 0.6 is 11.9 Å². The zero-order valence-electron chi connectivity index (χ0n) is 17.1. The van der Waals surface area contributed by atoms with Crippen molar-refractivity contribution in [2.24, 2.45) is 4.99 Å². The van der Waals surface area contributed by atoms with Crippen molar-refractivity contribution in [3.8, 4) is 0 Å². The normalized spacial score (nSPS) is 15.2. The van der Waals surface area contributed by atoms with E-state index in [-0.39, 0.29) is 5.82 Å². The minimum absolute atomic E-state index is 0.357. The van der Waals surface area contributed by atoms with Gasteiger partial charge >= 0.3 is 0 Å². The number of nitrogens with one attached hydrogen (secondary N) is 2. The van der Waals surface area contributed by atoms with Crippen LogP contribution in [-0.2, 0) is 6.54 Å². The largest absolute Gasteiger partial charge is 0.324 e. The molecule has 1 aliphatic heterocycles. The quantitative estimate of drug-likeness (QED) is 0.397. The van der Waals surface area contributed by atoms with E-state index in [0.29, 0.717) is 29.3 Å². The molecule has 5 nitrogen and oxygen atoms in total. The molecule has 2 heterocycles. The summed E-state index contributed by atoms with van der Waals surface area (Å²) in [6, 6.07) is 15.4. The molecule has 1 aliphatic rings. The summed E-state index contributed by atoms with van der Waals surface area (Å²) in [5.41, 5.74) is 3.98.